The van der Waals surface area contributed by atoms with Gasteiger partial charge in [-0.3, -0.25) is 4.79 Å². The Labute approximate surface area is 112 Å². The monoisotopic (exact) mass is 259 g/mol. The molecule has 3 rings (SSSR count). The van der Waals surface area contributed by atoms with Gasteiger partial charge in [-0.05, 0) is 12.1 Å². The summed E-state index contributed by atoms with van der Waals surface area (Å²) in [4.78, 5) is 17.5. The summed E-state index contributed by atoms with van der Waals surface area (Å²) in [6.07, 6.45) is 1.51. The fraction of sp³-hybridized carbons (Fsp3) is 0.429. The minimum absolute atomic E-state index is 0.132. The summed E-state index contributed by atoms with van der Waals surface area (Å²) in [6.45, 7) is 2.21. The van der Waals surface area contributed by atoms with Gasteiger partial charge in [0.15, 0.2) is 5.60 Å². The SMILES string of the molecule is O=C(NCc1ccccc1)C1=NO[C@]2(CCNC2)C1. The van der Waals surface area contributed by atoms with Crippen molar-refractivity contribution < 1.29 is 9.63 Å². The molecule has 2 N–H and O–H groups in total. The van der Waals surface area contributed by atoms with Crippen molar-refractivity contribution in [1.29, 1.82) is 0 Å². The van der Waals surface area contributed by atoms with Gasteiger partial charge in [0, 0.05) is 25.9 Å². The first kappa shape index (κ1) is 12.2. The van der Waals surface area contributed by atoms with Crippen molar-refractivity contribution in [1.82, 2.24) is 10.6 Å². The van der Waals surface area contributed by atoms with E-state index in [2.05, 4.69) is 15.8 Å². The lowest BCUT2D eigenvalue weighted by molar-refractivity contribution is -0.115. The maximum Gasteiger partial charge on any atom is 0.269 e. The van der Waals surface area contributed by atoms with E-state index in [1.807, 2.05) is 30.3 Å². The smallest absolute Gasteiger partial charge is 0.269 e. The van der Waals surface area contributed by atoms with E-state index in [0.29, 0.717) is 18.7 Å². The minimum atomic E-state index is -0.278. The van der Waals surface area contributed by atoms with E-state index in [-0.39, 0.29) is 11.5 Å². The third kappa shape index (κ3) is 2.61. The molecule has 1 amide bonds. The Hall–Kier alpha value is -1.88. The van der Waals surface area contributed by atoms with E-state index in [9.17, 15) is 4.79 Å². The Kier molecular flexibility index (Phi) is 3.21. The first-order chi connectivity index (χ1) is 9.27. The molecule has 1 aromatic rings. The van der Waals surface area contributed by atoms with Crippen LogP contribution in [0.25, 0.3) is 0 Å². The molecule has 100 valence electrons. The third-order valence-electron chi connectivity index (χ3n) is 3.60. The van der Waals surface area contributed by atoms with Crippen LogP contribution in [0, 0.1) is 0 Å². The molecule has 0 radical (unpaired) electrons. The normalized spacial score (nSPS) is 25.2. The summed E-state index contributed by atoms with van der Waals surface area (Å²) < 4.78 is 0. The summed E-state index contributed by atoms with van der Waals surface area (Å²) in [5.41, 5.74) is 1.30. The number of rotatable bonds is 3. The molecule has 0 unspecified atom stereocenters. The van der Waals surface area contributed by atoms with Crippen LogP contribution in [-0.2, 0) is 16.2 Å². The predicted octanol–water partition coefficient (Wildman–Crippen LogP) is 0.811. The number of oxime groups is 1. The van der Waals surface area contributed by atoms with Crippen molar-refractivity contribution >= 4 is 11.6 Å². The van der Waals surface area contributed by atoms with E-state index in [0.717, 1.165) is 25.1 Å². The number of nitrogens with one attached hydrogen (secondary N) is 2. The topological polar surface area (TPSA) is 62.7 Å². The highest BCUT2D eigenvalue weighted by molar-refractivity contribution is 6.39. The van der Waals surface area contributed by atoms with Crippen LogP contribution in [0.3, 0.4) is 0 Å². The van der Waals surface area contributed by atoms with Gasteiger partial charge in [0.2, 0.25) is 0 Å². The first-order valence-electron chi connectivity index (χ1n) is 6.55. The largest absolute Gasteiger partial charge is 0.387 e. The Morgan fingerprint density at radius 1 is 1.42 bits per heavy atom. The Morgan fingerprint density at radius 2 is 2.26 bits per heavy atom. The van der Waals surface area contributed by atoms with Gasteiger partial charge < -0.3 is 15.5 Å². The van der Waals surface area contributed by atoms with E-state index >= 15 is 0 Å². The Balaban J connectivity index is 1.54. The third-order valence-corrected chi connectivity index (χ3v) is 3.60. The summed E-state index contributed by atoms with van der Waals surface area (Å²) in [5, 5.41) is 10.1. The van der Waals surface area contributed by atoms with Gasteiger partial charge in [0.25, 0.3) is 5.91 Å². The molecule has 0 aliphatic carbocycles. The quantitative estimate of drug-likeness (QED) is 0.844. The summed E-state index contributed by atoms with van der Waals surface area (Å²) in [5.74, 6) is -0.132. The van der Waals surface area contributed by atoms with E-state index in [1.54, 1.807) is 0 Å². The second-order valence-corrected chi connectivity index (χ2v) is 5.08. The van der Waals surface area contributed by atoms with Crippen LogP contribution in [0.5, 0.6) is 0 Å². The molecule has 1 fully saturated rings. The van der Waals surface area contributed by atoms with Gasteiger partial charge in [0.1, 0.15) is 5.71 Å². The second kappa shape index (κ2) is 5.01. The van der Waals surface area contributed by atoms with E-state index in [1.165, 1.54) is 0 Å². The number of hydrogen-bond acceptors (Lipinski definition) is 4. The lowest BCUT2D eigenvalue weighted by Gasteiger charge is -2.18. The van der Waals surface area contributed by atoms with E-state index in [4.69, 9.17) is 4.84 Å². The van der Waals surface area contributed by atoms with E-state index < -0.39 is 0 Å². The summed E-state index contributed by atoms with van der Waals surface area (Å²) >= 11 is 0. The zero-order chi connectivity index (χ0) is 13.1. The van der Waals surface area contributed by atoms with Gasteiger partial charge in [-0.15, -0.1) is 0 Å². The van der Waals surface area contributed by atoms with Crippen molar-refractivity contribution in [2.24, 2.45) is 5.16 Å². The highest BCUT2D eigenvalue weighted by Gasteiger charge is 2.43. The minimum Gasteiger partial charge on any atom is -0.387 e. The lowest BCUT2D eigenvalue weighted by atomic mass is 9.96. The molecule has 5 nitrogen and oxygen atoms in total. The van der Waals surface area contributed by atoms with Crippen molar-refractivity contribution in [2.45, 2.75) is 25.0 Å². The molecule has 1 atom stereocenters. The van der Waals surface area contributed by atoms with Crippen molar-refractivity contribution in [3.8, 4) is 0 Å². The van der Waals surface area contributed by atoms with Crippen LogP contribution in [0.15, 0.2) is 35.5 Å². The molecule has 0 aromatic heterocycles. The average molecular weight is 259 g/mol. The Bertz CT molecular complexity index is 493. The van der Waals surface area contributed by atoms with Crippen molar-refractivity contribution in [3.05, 3.63) is 35.9 Å². The van der Waals surface area contributed by atoms with Gasteiger partial charge >= 0.3 is 0 Å². The lowest BCUT2D eigenvalue weighted by Crippen LogP contribution is -2.36. The number of carbonyl (C=O) groups excluding carboxylic acids is 1. The van der Waals surface area contributed by atoms with Crippen molar-refractivity contribution in [3.63, 3.8) is 0 Å². The maximum atomic E-state index is 12.0. The summed E-state index contributed by atoms with van der Waals surface area (Å²) in [6, 6.07) is 9.83. The van der Waals surface area contributed by atoms with Crippen LogP contribution in [-0.4, -0.2) is 30.3 Å². The molecule has 0 saturated carbocycles. The fourth-order valence-corrected chi connectivity index (χ4v) is 2.47. The van der Waals surface area contributed by atoms with Gasteiger partial charge in [0.05, 0.1) is 0 Å². The molecule has 5 heteroatoms. The number of amides is 1. The van der Waals surface area contributed by atoms with Gasteiger partial charge in [-0.25, -0.2) is 0 Å². The molecular weight excluding hydrogens is 242 g/mol. The van der Waals surface area contributed by atoms with Crippen LogP contribution >= 0.6 is 0 Å². The number of nitrogens with zero attached hydrogens (tertiary/aromatic N) is 1. The Morgan fingerprint density at radius 3 is 3.00 bits per heavy atom. The second-order valence-electron chi connectivity index (χ2n) is 5.08. The number of hydrogen-bond donors (Lipinski definition) is 2. The molecular formula is C14H17N3O2. The number of carbonyl (C=O) groups is 1. The molecule has 2 aliphatic heterocycles. The zero-order valence-electron chi connectivity index (χ0n) is 10.7. The summed E-state index contributed by atoms with van der Waals surface area (Å²) in [7, 11) is 0. The maximum absolute atomic E-state index is 12.0. The molecule has 19 heavy (non-hydrogen) atoms. The average Bonchev–Trinajstić information content (AvgIpc) is 3.08. The van der Waals surface area contributed by atoms with Crippen LogP contribution in [0.4, 0.5) is 0 Å². The first-order valence-corrected chi connectivity index (χ1v) is 6.55. The molecule has 0 bridgehead atoms. The van der Waals surface area contributed by atoms with Crippen molar-refractivity contribution in [2.75, 3.05) is 13.1 Å². The highest BCUT2D eigenvalue weighted by Crippen LogP contribution is 2.29. The van der Waals surface area contributed by atoms with Gasteiger partial charge in [-0.1, -0.05) is 35.5 Å². The predicted molar refractivity (Wildman–Crippen MR) is 71.6 cm³/mol. The molecule has 1 saturated heterocycles. The zero-order valence-corrected chi connectivity index (χ0v) is 10.7. The standard InChI is InChI=1S/C14H17N3O2/c18-13(16-9-11-4-2-1-3-5-11)12-8-14(19-17-12)6-7-15-10-14/h1-5,15H,6-10H2,(H,16,18)/t14-/m1/s1. The molecule has 2 heterocycles. The molecule has 1 aromatic carbocycles. The fourth-order valence-electron chi connectivity index (χ4n) is 2.47. The van der Waals surface area contributed by atoms with Gasteiger partial charge in [-0.2, -0.15) is 0 Å². The van der Waals surface area contributed by atoms with Crippen LogP contribution < -0.4 is 10.6 Å². The molecule has 2 aliphatic rings. The van der Waals surface area contributed by atoms with Crippen LogP contribution in [0.1, 0.15) is 18.4 Å². The highest BCUT2D eigenvalue weighted by atomic mass is 16.7. The number of benzene rings is 1. The molecule has 1 spiro atoms. The van der Waals surface area contributed by atoms with Crippen LogP contribution in [0.2, 0.25) is 0 Å².